The predicted octanol–water partition coefficient (Wildman–Crippen LogP) is 3.92. The van der Waals surface area contributed by atoms with Crippen LogP contribution in [0, 0.1) is 5.92 Å². The van der Waals surface area contributed by atoms with Crippen LogP contribution in [0.25, 0.3) is 11.5 Å². The van der Waals surface area contributed by atoms with Gasteiger partial charge < -0.3 is 19.4 Å². The van der Waals surface area contributed by atoms with Gasteiger partial charge in [-0.2, -0.15) is 5.10 Å². The summed E-state index contributed by atoms with van der Waals surface area (Å²) in [4.78, 5) is 15.4. The van der Waals surface area contributed by atoms with Crippen molar-refractivity contribution >= 4 is 5.91 Å². The molecule has 0 radical (unpaired) electrons. The van der Waals surface area contributed by atoms with E-state index in [9.17, 15) is 4.79 Å². The predicted molar refractivity (Wildman–Crippen MR) is 135 cm³/mol. The van der Waals surface area contributed by atoms with Crippen molar-refractivity contribution < 1.29 is 14.3 Å². The van der Waals surface area contributed by atoms with Crippen molar-refractivity contribution in [3.63, 3.8) is 0 Å². The second kappa shape index (κ2) is 9.91. The molecule has 2 aromatic carbocycles. The largest absolute Gasteiger partial charge is 0.454 e. The lowest BCUT2D eigenvalue weighted by atomic mass is 9.96. The number of fused-ring (bicyclic) bond motifs is 1. The number of nitrogens with one attached hydrogen (secondary N) is 1. The van der Waals surface area contributed by atoms with Crippen LogP contribution in [0.2, 0.25) is 0 Å². The molecule has 36 heavy (non-hydrogen) atoms. The maximum Gasteiger partial charge on any atom is 0.231 e. The minimum Gasteiger partial charge on any atom is -0.454 e. The Hall–Kier alpha value is -4.04. The Morgan fingerprint density at radius 1 is 1.03 bits per heavy atom. The summed E-state index contributed by atoms with van der Waals surface area (Å²) in [5, 5.41) is 7.84. The quantitative estimate of drug-likeness (QED) is 0.431. The number of ether oxygens (including phenoxy) is 2. The molecule has 2 aromatic heterocycles. The number of rotatable bonds is 7. The average molecular weight is 484 g/mol. The van der Waals surface area contributed by atoms with Gasteiger partial charge in [0, 0.05) is 37.6 Å². The minimum atomic E-state index is -0.0352. The highest BCUT2D eigenvalue weighted by Crippen LogP contribution is 2.32. The van der Waals surface area contributed by atoms with Gasteiger partial charge in [0.05, 0.1) is 17.8 Å². The summed E-state index contributed by atoms with van der Waals surface area (Å²) >= 11 is 0. The highest BCUT2D eigenvalue weighted by molar-refractivity contribution is 5.79. The lowest BCUT2D eigenvalue weighted by molar-refractivity contribution is -0.126. The van der Waals surface area contributed by atoms with E-state index in [1.165, 1.54) is 0 Å². The van der Waals surface area contributed by atoms with Crippen molar-refractivity contribution in [3.05, 3.63) is 90.4 Å². The smallest absolute Gasteiger partial charge is 0.231 e. The van der Waals surface area contributed by atoms with Crippen LogP contribution in [0.15, 0.2) is 79.3 Å². The second-order valence-electron chi connectivity index (χ2n) is 9.31. The molecule has 6 rings (SSSR count). The van der Waals surface area contributed by atoms with E-state index < -0.39 is 0 Å². The molecule has 1 unspecified atom stereocenters. The van der Waals surface area contributed by atoms with Crippen molar-refractivity contribution in [1.82, 2.24) is 24.6 Å². The number of amides is 1. The number of para-hydroxylation sites is 1. The Morgan fingerprint density at radius 2 is 1.86 bits per heavy atom. The van der Waals surface area contributed by atoms with Gasteiger partial charge in [-0.1, -0.05) is 24.3 Å². The van der Waals surface area contributed by atoms with E-state index >= 15 is 0 Å². The van der Waals surface area contributed by atoms with Crippen LogP contribution >= 0.6 is 0 Å². The third kappa shape index (κ3) is 4.59. The van der Waals surface area contributed by atoms with E-state index in [0.717, 1.165) is 66.6 Å². The van der Waals surface area contributed by atoms with E-state index in [1.54, 1.807) is 0 Å². The summed E-state index contributed by atoms with van der Waals surface area (Å²) in [6.45, 7) is 3.17. The SMILES string of the molecule is O=C(NCc1ccc2c(c1)OCO2)C1CCCN(Cc2cnn(-c3ccccc3)c2-n2cccc2)C1. The van der Waals surface area contributed by atoms with Gasteiger partial charge in [-0.3, -0.25) is 9.69 Å². The van der Waals surface area contributed by atoms with Gasteiger partial charge in [0.15, 0.2) is 11.5 Å². The standard InChI is InChI=1S/C28H29N5O3/c34-27(29-16-21-10-11-25-26(15-21)36-20-35-25)22-7-6-12-31(18-22)19-23-17-30-33(24-8-2-1-3-9-24)28(23)32-13-4-5-14-32/h1-5,8-11,13-15,17,22H,6-7,12,16,18-20H2,(H,29,34). The molecule has 1 saturated heterocycles. The Morgan fingerprint density at radius 3 is 2.72 bits per heavy atom. The molecule has 1 amide bonds. The molecule has 8 heteroatoms. The number of aromatic nitrogens is 3. The number of likely N-dealkylation sites (tertiary alicyclic amines) is 1. The first kappa shape index (κ1) is 22.4. The van der Waals surface area contributed by atoms with E-state index in [2.05, 4.69) is 26.9 Å². The van der Waals surface area contributed by atoms with Crippen LogP contribution < -0.4 is 14.8 Å². The van der Waals surface area contributed by atoms with Crippen molar-refractivity contribution in [3.8, 4) is 23.0 Å². The molecule has 8 nitrogen and oxygen atoms in total. The van der Waals surface area contributed by atoms with E-state index in [0.29, 0.717) is 6.54 Å². The zero-order chi connectivity index (χ0) is 24.3. The fourth-order valence-electron chi connectivity index (χ4n) is 5.03. The zero-order valence-electron chi connectivity index (χ0n) is 20.0. The molecule has 0 saturated carbocycles. The fourth-order valence-corrected chi connectivity index (χ4v) is 5.03. The fraction of sp³-hybridized carbons (Fsp3) is 0.286. The molecule has 2 aliphatic rings. The summed E-state index contributed by atoms with van der Waals surface area (Å²) in [7, 11) is 0. The van der Waals surface area contributed by atoms with Gasteiger partial charge in [0.25, 0.3) is 0 Å². The highest BCUT2D eigenvalue weighted by atomic mass is 16.7. The van der Waals surface area contributed by atoms with Gasteiger partial charge in [0.1, 0.15) is 5.82 Å². The molecule has 1 fully saturated rings. The van der Waals surface area contributed by atoms with Gasteiger partial charge in [-0.25, -0.2) is 4.68 Å². The van der Waals surface area contributed by atoms with Crippen LogP contribution in [-0.2, 0) is 17.9 Å². The number of carbonyl (C=O) groups is 1. The number of nitrogens with zero attached hydrogens (tertiary/aromatic N) is 4. The number of carbonyl (C=O) groups excluding carboxylic acids is 1. The van der Waals surface area contributed by atoms with Crippen molar-refractivity contribution in [2.24, 2.45) is 5.92 Å². The number of benzene rings is 2. The number of hydrogen-bond donors (Lipinski definition) is 1. The molecular formula is C28H29N5O3. The highest BCUT2D eigenvalue weighted by Gasteiger charge is 2.27. The third-order valence-corrected chi connectivity index (χ3v) is 6.84. The lowest BCUT2D eigenvalue weighted by Crippen LogP contribution is -2.42. The summed E-state index contributed by atoms with van der Waals surface area (Å²) < 4.78 is 14.9. The lowest BCUT2D eigenvalue weighted by Gasteiger charge is -2.32. The van der Waals surface area contributed by atoms with Crippen LogP contribution in [0.5, 0.6) is 11.5 Å². The van der Waals surface area contributed by atoms with Crippen LogP contribution in [0.3, 0.4) is 0 Å². The topological polar surface area (TPSA) is 73.6 Å². The first-order chi connectivity index (χ1) is 17.7. The Kier molecular flexibility index (Phi) is 6.17. The van der Waals surface area contributed by atoms with Crippen LogP contribution in [0.1, 0.15) is 24.0 Å². The van der Waals surface area contributed by atoms with Crippen molar-refractivity contribution in [1.29, 1.82) is 0 Å². The molecule has 2 aliphatic heterocycles. The molecule has 4 heterocycles. The molecule has 0 bridgehead atoms. The normalized spacial score (nSPS) is 17.3. The molecular weight excluding hydrogens is 454 g/mol. The summed E-state index contributed by atoms with van der Waals surface area (Å²) in [6, 6.07) is 20.0. The van der Waals surface area contributed by atoms with Gasteiger partial charge >= 0.3 is 0 Å². The van der Waals surface area contributed by atoms with Crippen LogP contribution in [0.4, 0.5) is 0 Å². The summed E-state index contributed by atoms with van der Waals surface area (Å²) in [5.41, 5.74) is 3.16. The molecule has 184 valence electrons. The molecule has 0 spiro atoms. The maximum absolute atomic E-state index is 13.0. The Labute approximate surface area is 210 Å². The van der Waals surface area contributed by atoms with Gasteiger partial charge in [0.2, 0.25) is 12.7 Å². The first-order valence-corrected chi connectivity index (χ1v) is 12.4. The van der Waals surface area contributed by atoms with Crippen LogP contribution in [-0.4, -0.2) is 45.0 Å². The van der Waals surface area contributed by atoms with Crippen molar-refractivity contribution in [2.45, 2.75) is 25.9 Å². The number of piperidine rings is 1. The average Bonchev–Trinajstić information content (AvgIpc) is 3.68. The second-order valence-corrected chi connectivity index (χ2v) is 9.31. The van der Waals surface area contributed by atoms with Gasteiger partial charge in [-0.15, -0.1) is 0 Å². The minimum absolute atomic E-state index is 0.0352. The summed E-state index contributed by atoms with van der Waals surface area (Å²) in [5.74, 6) is 2.58. The first-order valence-electron chi connectivity index (χ1n) is 12.4. The monoisotopic (exact) mass is 483 g/mol. The molecule has 1 N–H and O–H groups in total. The van der Waals surface area contributed by atoms with E-state index in [1.807, 2.05) is 71.8 Å². The van der Waals surface area contributed by atoms with Gasteiger partial charge in [-0.05, 0) is 61.3 Å². The third-order valence-electron chi connectivity index (χ3n) is 6.84. The van der Waals surface area contributed by atoms with E-state index in [4.69, 9.17) is 14.6 Å². The van der Waals surface area contributed by atoms with Crippen molar-refractivity contribution in [2.75, 3.05) is 19.9 Å². The maximum atomic E-state index is 13.0. The molecule has 1 atom stereocenters. The number of hydrogen-bond acceptors (Lipinski definition) is 5. The molecule has 4 aromatic rings. The van der Waals surface area contributed by atoms with E-state index in [-0.39, 0.29) is 18.6 Å². The summed E-state index contributed by atoms with van der Waals surface area (Å²) in [6.07, 6.45) is 7.93. The Bertz CT molecular complexity index is 1330. The Balaban J connectivity index is 1.13. The molecule has 0 aliphatic carbocycles. The zero-order valence-corrected chi connectivity index (χ0v) is 20.0.